The summed E-state index contributed by atoms with van der Waals surface area (Å²) >= 11 is 0. The van der Waals surface area contributed by atoms with E-state index in [0.717, 1.165) is 30.0 Å². The molecule has 2 rings (SSSR count). The van der Waals surface area contributed by atoms with Crippen LogP contribution in [0, 0.1) is 20.8 Å². The molecule has 0 aliphatic heterocycles. The Morgan fingerprint density at radius 3 is 2.42 bits per heavy atom. The molecule has 1 aromatic heterocycles. The summed E-state index contributed by atoms with van der Waals surface area (Å²) in [7, 11) is 0. The van der Waals surface area contributed by atoms with E-state index in [1.165, 1.54) is 11.1 Å². The number of aromatic nitrogens is 2. The Labute approximate surface area is 144 Å². The first-order valence-electron chi connectivity index (χ1n) is 8.57. The third-order valence-corrected chi connectivity index (χ3v) is 4.57. The molecule has 0 aliphatic rings. The van der Waals surface area contributed by atoms with Crippen molar-refractivity contribution in [1.82, 2.24) is 14.7 Å². The third kappa shape index (κ3) is 4.44. The van der Waals surface area contributed by atoms with Gasteiger partial charge in [-0.15, -0.1) is 0 Å². The lowest BCUT2D eigenvalue weighted by Crippen LogP contribution is -2.28. The van der Waals surface area contributed by atoms with Crippen molar-refractivity contribution in [3.05, 3.63) is 52.3 Å². The van der Waals surface area contributed by atoms with Crippen molar-refractivity contribution in [3.8, 4) is 0 Å². The summed E-state index contributed by atoms with van der Waals surface area (Å²) < 4.78 is 1.86. The number of aryl methyl sites for hydroxylation is 2. The number of aliphatic hydroxyl groups excluding tert-OH is 2. The van der Waals surface area contributed by atoms with E-state index >= 15 is 0 Å². The van der Waals surface area contributed by atoms with Gasteiger partial charge in [0.2, 0.25) is 0 Å². The maximum Gasteiger partial charge on any atom is 0.0917 e. The zero-order chi connectivity index (χ0) is 17.7. The van der Waals surface area contributed by atoms with Gasteiger partial charge in [0.25, 0.3) is 0 Å². The predicted molar refractivity (Wildman–Crippen MR) is 95.9 cm³/mol. The van der Waals surface area contributed by atoms with Crippen LogP contribution in [0.25, 0.3) is 0 Å². The van der Waals surface area contributed by atoms with Gasteiger partial charge in [-0.25, -0.2) is 0 Å². The van der Waals surface area contributed by atoms with Gasteiger partial charge in [-0.3, -0.25) is 9.58 Å². The van der Waals surface area contributed by atoms with Crippen molar-refractivity contribution >= 4 is 0 Å². The number of hydrogen-bond donors (Lipinski definition) is 2. The minimum Gasteiger partial charge on any atom is -0.394 e. The topological polar surface area (TPSA) is 61.5 Å². The summed E-state index contributed by atoms with van der Waals surface area (Å²) in [6.07, 6.45) is -0.501. The summed E-state index contributed by atoms with van der Waals surface area (Å²) in [6.45, 7) is 11.0. The van der Waals surface area contributed by atoms with Gasteiger partial charge in [0, 0.05) is 24.3 Å². The molecule has 1 heterocycles. The highest BCUT2D eigenvalue weighted by Gasteiger charge is 2.17. The maximum atomic E-state index is 10.5. The molecule has 2 N–H and O–H groups in total. The summed E-state index contributed by atoms with van der Waals surface area (Å²) in [5, 5.41) is 24.2. The molecule has 1 unspecified atom stereocenters. The van der Waals surface area contributed by atoms with Crippen molar-refractivity contribution in [2.24, 2.45) is 0 Å². The van der Waals surface area contributed by atoms with Crippen molar-refractivity contribution in [3.63, 3.8) is 0 Å². The third-order valence-electron chi connectivity index (χ3n) is 4.57. The van der Waals surface area contributed by atoms with E-state index in [0.29, 0.717) is 13.1 Å². The Bertz CT molecular complexity index is 649. The predicted octanol–water partition coefficient (Wildman–Crippen LogP) is 2.36. The fourth-order valence-electron chi connectivity index (χ4n) is 2.94. The Hall–Kier alpha value is -1.69. The molecule has 5 heteroatoms. The molecule has 0 aliphatic carbocycles. The van der Waals surface area contributed by atoms with Crippen LogP contribution in [-0.2, 0) is 13.1 Å². The van der Waals surface area contributed by atoms with E-state index in [1.54, 1.807) is 0 Å². The van der Waals surface area contributed by atoms with Crippen LogP contribution in [0.1, 0.15) is 41.1 Å². The van der Waals surface area contributed by atoms with Crippen molar-refractivity contribution in [2.45, 2.75) is 46.9 Å². The highest BCUT2D eigenvalue weighted by molar-refractivity contribution is 5.25. The molecule has 0 fully saturated rings. The van der Waals surface area contributed by atoms with Crippen LogP contribution in [0.15, 0.2) is 24.3 Å². The molecular formula is C19H29N3O2. The first-order chi connectivity index (χ1) is 11.5. The quantitative estimate of drug-likeness (QED) is 0.779. The summed E-state index contributed by atoms with van der Waals surface area (Å²) in [5.41, 5.74) is 5.40. The number of rotatable bonds is 8. The van der Waals surface area contributed by atoms with Gasteiger partial charge >= 0.3 is 0 Å². The van der Waals surface area contributed by atoms with Gasteiger partial charge in [-0.05, 0) is 32.9 Å². The first kappa shape index (κ1) is 18.6. The summed E-state index contributed by atoms with van der Waals surface area (Å²) in [6, 6.07) is 8.04. The molecule has 2 aromatic rings. The van der Waals surface area contributed by atoms with Crippen molar-refractivity contribution in [2.75, 3.05) is 19.7 Å². The van der Waals surface area contributed by atoms with Gasteiger partial charge < -0.3 is 10.2 Å². The van der Waals surface area contributed by atoms with Crippen LogP contribution in [0.3, 0.4) is 0 Å². The average molecular weight is 331 g/mol. The highest BCUT2D eigenvalue weighted by atomic mass is 16.3. The summed E-state index contributed by atoms with van der Waals surface area (Å²) in [4.78, 5) is 2.23. The Kier molecular flexibility index (Phi) is 6.54. The molecule has 0 saturated carbocycles. The Morgan fingerprint density at radius 2 is 1.83 bits per heavy atom. The molecule has 0 radical (unpaired) electrons. The molecular weight excluding hydrogens is 302 g/mol. The van der Waals surface area contributed by atoms with E-state index in [1.807, 2.05) is 49.7 Å². The number of likely N-dealkylation sites (N-methyl/N-ethyl adjacent to an activating group) is 1. The Balaban J connectivity index is 2.08. The minimum atomic E-state index is -0.501. The second-order valence-electron chi connectivity index (χ2n) is 6.35. The molecule has 5 nitrogen and oxygen atoms in total. The summed E-state index contributed by atoms with van der Waals surface area (Å²) in [5.74, 6) is 0. The maximum absolute atomic E-state index is 10.5. The second-order valence-corrected chi connectivity index (χ2v) is 6.35. The van der Waals surface area contributed by atoms with Gasteiger partial charge in [-0.1, -0.05) is 36.8 Å². The van der Waals surface area contributed by atoms with E-state index in [2.05, 4.69) is 16.9 Å². The van der Waals surface area contributed by atoms with Crippen molar-refractivity contribution in [1.29, 1.82) is 0 Å². The van der Waals surface area contributed by atoms with E-state index in [9.17, 15) is 5.11 Å². The van der Waals surface area contributed by atoms with E-state index < -0.39 is 6.10 Å². The van der Waals surface area contributed by atoms with Crippen LogP contribution < -0.4 is 0 Å². The lowest BCUT2D eigenvalue weighted by molar-refractivity contribution is 0.112. The van der Waals surface area contributed by atoms with E-state index in [-0.39, 0.29) is 6.61 Å². The lowest BCUT2D eigenvalue weighted by atomic mass is 10.1. The monoisotopic (exact) mass is 331 g/mol. The SMILES string of the molecule is CCN(Cc1c(C)nn(CCO)c1C)CC(O)c1ccc(C)cc1. The number of benzene rings is 1. The lowest BCUT2D eigenvalue weighted by Gasteiger charge is -2.24. The standard InChI is InChI=1S/C19H29N3O2/c1-5-21(13-19(24)17-8-6-14(2)7-9-17)12-18-15(3)20-22(10-11-23)16(18)4/h6-9,19,23-24H,5,10-13H2,1-4H3. The molecule has 1 aromatic carbocycles. The minimum absolute atomic E-state index is 0.0883. The smallest absolute Gasteiger partial charge is 0.0917 e. The van der Waals surface area contributed by atoms with Crippen LogP contribution >= 0.6 is 0 Å². The van der Waals surface area contributed by atoms with E-state index in [4.69, 9.17) is 5.11 Å². The van der Waals surface area contributed by atoms with Crippen LogP contribution in [0.5, 0.6) is 0 Å². The molecule has 0 spiro atoms. The number of aliphatic hydroxyl groups is 2. The molecule has 0 saturated heterocycles. The van der Waals surface area contributed by atoms with Crippen LogP contribution in [0.2, 0.25) is 0 Å². The zero-order valence-corrected chi connectivity index (χ0v) is 15.2. The first-order valence-corrected chi connectivity index (χ1v) is 8.57. The van der Waals surface area contributed by atoms with Gasteiger partial charge in [-0.2, -0.15) is 5.10 Å². The number of nitrogens with zero attached hydrogens (tertiary/aromatic N) is 3. The van der Waals surface area contributed by atoms with Gasteiger partial charge in [0.1, 0.15) is 0 Å². The highest BCUT2D eigenvalue weighted by Crippen LogP contribution is 2.19. The molecule has 0 amide bonds. The molecule has 0 bridgehead atoms. The number of hydrogen-bond acceptors (Lipinski definition) is 4. The molecule has 24 heavy (non-hydrogen) atoms. The fourth-order valence-corrected chi connectivity index (χ4v) is 2.94. The largest absolute Gasteiger partial charge is 0.394 e. The Morgan fingerprint density at radius 1 is 1.17 bits per heavy atom. The van der Waals surface area contributed by atoms with Gasteiger partial charge in [0.15, 0.2) is 0 Å². The normalized spacial score (nSPS) is 12.8. The van der Waals surface area contributed by atoms with Crippen LogP contribution in [0.4, 0.5) is 0 Å². The van der Waals surface area contributed by atoms with Crippen molar-refractivity contribution < 1.29 is 10.2 Å². The fraction of sp³-hybridized carbons (Fsp3) is 0.526. The van der Waals surface area contributed by atoms with Crippen LogP contribution in [-0.4, -0.2) is 44.6 Å². The molecule has 1 atom stereocenters. The average Bonchev–Trinajstić information content (AvgIpc) is 2.82. The van der Waals surface area contributed by atoms with Gasteiger partial charge in [0.05, 0.1) is 24.9 Å². The zero-order valence-electron chi connectivity index (χ0n) is 15.2. The second kappa shape index (κ2) is 8.42. The molecule has 132 valence electrons.